The summed E-state index contributed by atoms with van der Waals surface area (Å²) in [6.07, 6.45) is 1.21. The molecule has 2 atom stereocenters. The first kappa shape index (κ1) is 17.0. The van der Waals surface area contributed by atoms with E-state index in [1.807, 2.05) is 0 Å². The molecular weight excluding hydrogens is 246 g/mol. The topological polar surface area (TPSA) is 18.5 Å². The van der Waals surface area contributed by atoms with E-state index >= 15 is 0 Å². The molecule has 0 heterocycles. The summed E-state index contributed by atoms with van der Waals surface area (Å²) in [5, 5.41) is 3.60. The first-order valence-corrected chi connectivity index (χ1v) is 7.66. The van der Waals surface area contributed by atoms with Gasteiger partial charge in [-0.3, -0.25) is 0 Å². The maximum absolute atomic E-state index is 3.60. The maximum atomic E-state index is 3.60. The molecule has 0 aliphatic carbocycles. The van der Waals surface area contributed by atoms with Gasteiger partial charge in [0, 0.05) is 45.0 Å². The van der Waals surface area contributed by atoms with Gasteiger partial charge < -0.3 is 15.1 Å². The zero-order valence-electron chi connectivity index (χ0n) is 14.0. The quantitative estimate of drug-likeness (QED) is 0.787. The second kappa shape index (κ2) is 8.28. The largest absolute Gasteiger partial charge is 0.378 e. The number of nitrogens with one attached hydrogen (secondary N) is 1. The van der Waals surface area contributed by atoms with Crippen molar-refractivity contribution < 1.29 is 0 Å². The summed E-state index contributed by atoms with van der Waals surface area (Å²) in [6, 6.07) is 9.84. The van der Waals surface area contributed by atoms with Crippen molar-refractivity contribution in [3.63, 3.8) is 0 Å². The molecule has 3 heteroatoms. The molecule has 2 unspecified atom stereocenters. The van der Waals surface area contributed by atoms with Gasteiger partial charge in [-0.25, -0.2) is 0 Å². The Morgan fingerprint density at radius 3 is 2.15 bits per heavy atom. The van der Waals surface area contributed by atoms with E-state index in [-0.39, 0.29) is 0 Å². The van der Waals surface area contributed by atoms with Crippen LogP contribution in [-0.4, -0.2) is 45.2 Å². The van der Waals surface area contributed by atoms with Crippen molar-refractivity contribution >= 4 is 5.69 Å². The van der Waals surface area contributed by atoms with E-state index in [9.17, 15) is 0 Å². The highest BCUT2D eigenvalue weighted by Gasteiger charge is 2.08. The van der Waals surface area contributed by atoms with E-state index in [0.717, 1.165) is 13.1 Å². The molecule has 0 fully saturated rings. The average Bonchev–Trinajstić information content (AvgIpc) is 2.46. The lowest BCUT2D eigenvalue weighted by Gasteiger charge is -2.24. The summed E-state index contributed by atoms with van der Waals surface area (Å²) in [5.74, 6) is 0. The Bertz CT molecular complexity index is 372. The number of rotatable bonds is 8. The van der Waals surface area contributed by atoms with Gasteiger partial charge >= 0.3 is 0 Å². The number of likely N-dealkylation sites (N-methyl/N-ethyl adjacent to an activating group) is 1. The summed E-state index contributed by atoms with van der Waals surface area (Å²) < 4.78 is 0. The van der Waals surface area contributed by atoms with Crippen LogP contribution in [0.5, 0.6) is 0 Å². The lowest BCUT2D eigenvalue weighted by Crippen LogP contribution is -2.35. The summed E-state index contributed by atoms with van der Waals surface area (Å²) in [7, 11) is 6.34. The van der Waals surface area contributed by atoms with Gasteiger partial charge in [-0.1, -0.05) is 19.1 Å². The van der Waals surface area contributed by atoms with Crippen LogP contribution in [0.3, 0.4) is 0 Å². The molecule has 0 bridgehead atoms. The fourth-order valence-corrected chi connectivity index (χ4v) is 2.17. The van der Waals surface area contributed by atoms with E-state index in [1.54, 1.807) is 0 Å². The number of nitrogens with zero attached hydrogens (tertiary/aromatic N) is 2. The molecule has 0 radical (unpaired) electrons. The van der Waals surface area contributed by atoms with Crippen LogP contribution >= 0.6 is 0 Å². The van der Waals surface area contributed by atoms with E-state index in [2.05, 4.69) is 81.3 Å². The smallest absolute Gasteiger partial charge is 0.0361 e. The molecule has 0 saturated carbocycles. The monoisotopic (exact) mass is 277 g/mol. The van der Waals surface area contributed by atoms with E-state index in [1.165, 1.54) is 17.7 Å². The van der Waals surface area contributed by atoms with Crippen LogP contribution in [0.25, 0.3) is 0 Å². The third-order valence-electron chi connectivity index (χ3n) is 4.17. The molecule has 1 aromatic carbocycles. The molecule has 1 rings (SSSR count). The minimum Gasteiger partial charge on any atom is -0.378 e. The highest BCUT2D eigenvalue weighted by atomic mass is 15.1. The molecule has 0 spiro atoms. The molecule has 0 aromatic heterocycles. The molecule has 0 aliphatic rings. The summed E-state index contributed by atoms with van der Waals surface area (Å²) in [4.78, 5) is 4.54. The highest BCUT2D eigenvalue weighted by molar-refractivity contribution is 5.46. The van der Waals surface area contributed by atoms with E-state index in [0.29, 0.717) is 12.1 Å². The second-order valence-corrected chi connectivity index (χ2v) is 5.90. The maximum Gasteiger partial charge on any atom is 0.0361 e. The highest BCUT2D eigenvalue weighted by Crippen LogP contribution is 2.17. The van der Waals surface area contributed by atoms with Crippen LogP contribution in [0.2, 0.25) is 0 Å². The van der Waals surface area contributed by atoms with Crippen molar-refractivity contribution in [1.82, 2.24) is 10.2 Å². The van der Waals surface area contributed by atoms with Gasteiger partial charge in [0.25, 0.3) is 0 Å². The number of hydrogen-bond acceptors (Lipinski definition) is 3. The Hall–Kier alpha value is -1.06. The minimum absolute atomic E-state index is 0.400. The zero-order valence-corrected chi connectivity index (χ0v) is 14.0. The summed E-state index contributed by atoms with van der Waals surface area (Å²) in [5.41, 5.74) is 2.60. The second-order valence-electron chi connectivity index (χ2n) is 5.90. The van der Waals surface area contributed by atoms with Crippen molar-refractivity contribution in [2.24, 2.45) is 0 Å². The van der Waals surface area contributed by atoms with Crippen LogP contribution in [0.15, 0.2) is 24.3 Å². The first-order chi connectivity index (χ1) is 9.45. The molecule has 1 N–H and O–H groups in total. The van der Waals surface area contributed by atoms with Gasteiger partial charge in [0.15, 0.2) is 0 Å². The third-order valence-corrected chi connectivity index (χ3v) is 4.17. The molecule has 0 aliphatic heterocycles. The van der Waals surface area contributed by atoms with E-state index in [4.69, 9.17) is 0 Å². The Morgan fingerprint density at radius 2 is 1.65 bits per heavy atom. The fourth-order valence-electron chi connectivity index (χ4n) is 2.17. The standard InChI is InChI=1S/C17H31N3/c1-7-14(2)20(6)13-12-18-15(3)16-8-10-17(11-9-16)19(4)5/h8-11,14-15,18H,7,12-13H2,1-6H3. The van der Waals surface area contributed by atoms with Crippen LogP contribution < -0.4 is 10.2 Å². The fraction of sp³-hybridized carbons (Fsp3) is 0.647. The number of benzene rings is 1. The predicted molar refractivity (Wildman–Crippen MR) is 89.6 cm³/mol. The van der Waals surface area contributed by atoms with Crippen LogP contribution in [-0.2, 0) is 0 Å². The predicted octanol–water partition coefficient (Wildman–Crippen LogP) is 3.13. The van der Waals surface area contributed by atoms with Crippen molar-refractivity contribution in [3.05, 3.63) is 29.8 Å². The molecule has 0 amide bonds. The number of anilines is 1. The zero-order chi connectivity index (χ0) is 15.1. The van der Waals surface area contributed by atoms with Crippen LogP contribution in [0, 0.1) is 0 Å². The van der Waals surface area contributed by atoms with Gasteiger partial charge in [0.05, 0.1) is 0 Å². The number of hydrogen-bond donors (Lipinski definition) is 1. The molecule has 0 saturated heterocycles. The average molecular weight is 277 g/mol. The van der Waals surface area contributed by atoms with Crippen LogP contribution in [0.4, 0.5) is 5.69 Å². The van der Waals surface area contributed by atoms with Gasteiger partial charge in [-0.15, -0.1) is 0 Å². The SMILES string of the molecule is CCC(C)N(C)CCNC(C)c1ccc(N(C)C)cc1. The van der Waals surface area contributed by atoms with Gasteiger partial charge in [-0.05, 0) is 45.0 Å². The Balaban J connectivity index is 2.41. The first-order valence-electron chi connectivity index (χ1n) is 7.66. The van der Waals surface area contributed by atoms with Crippen molar-refractivity contribution in [2.75, 3.05) is 39.1 Å². The molecule has 20 heavy (non-hydrogen) atoms. The summed E-state index contributed by atoms with van der Waals surface area (Å²) >= 11 is 0. The van der Waals surface area contributed by atoms with Crippen LogP contribution in [0.1, 0.15) is 38.8 Å². The van der Waals surface area contributed by atoms with Gasteiger partial charge in [-0.2, -0.15) is 0 Å². The summed E-state index contributed by atoms with van der Waals surface area (Å²) in [6.45, 7) is 8.87. The Kier molecular flexibility index (Phi) is 7.03. The molecule has 1 aromatic rings. The third kappa shape index (κ3) is 5.14. The van der Waals surface area contributed by atoms with Gasteiger partial charge in [0.1, 0.15) is 0 Å². The molecule has 114 valence electrons. The van der Waals surface area contributed by atoms with Crippen molar-refractivity contribution in [1.29, 1.82) is 0 Å². The molecule has 3 nitrogen and oxygen atoms in total. The molecular formula is C17H31N3. The lowest BCUT2D eigenvalue weighted by atomic mass is 10.1. The van der Waals surface area contributed by atoms with Crippen molar-refractivity contribution in [2.45, 2.75) is 39.3 Å². The lowest BCUT2D eigenvalue weighted by molar-refractivity contribution is 0.249. The Morgan fingerprint density at radius 1 is 1.05 bits per heavy atom. The minimum atomic E-state index is 0.400. The van der Waals surface area contributed by atoms with Gasteiger partial charge in [0.2, 0.25) is 0 Å². The normalized spacial score (nSPS) is 14.3. The van der Waals surface area contributed by atoms with E-state index < -0.39 is 0 Å². The van der Waals surface area contributed by atoms with Crippen molar-refractivity contribution in [3.8, 4) is 0 Å². The Labute approximate surface area is 125 Å².